The van der Waals surface area contributed by atoms with Gasteiger partial charge in [0.1, 0.15) is 5.82 Å². The molecule has 1 fully saturated rings. The second-order valence-corrected chi connectivity index (χ2v) is 10.8. The van der Waals surface area contributed by atoms with Gasteiger partial charge in [0.05, 0.1) is 16.9 Å². The second-order valence-electron chi connectivity index (χ2n) is 10.8. The van der Waals surface area contributed by atoms with Crippen molar-refractivity contribution in [1.82, 2.24) is 0 Å². The number of aromatic carboxylic acids is 1. The summed E-state index contributed by atoms with van der Waals surface area (Å²) in [6.45, 7) is 6.34. The number of rotatable bonds is 8. The Hall–Kier alpha value is -4.01. The third-order valence-corrected chi connectivity index (χ3v) is 7.09. The van der Waals surface area contributed by atoms with Crippen molar-refractivity contribution in [2.75, 3.05) is 22.1 Å². The van der Waals surface area contributed by atoms with Crippen LogP contribution in [0, 0.1) is 18.7 Å². The average molecular weight is 554 g/mol. The molecule has 0 aromatic heterocycles. The van der Waals surface area contributed by atoms with Crippen LogP contribution in [0.15, 0.2) is 60.7 Å². The van der Waals surface area contributed by atoms with Gasteiger partial charge in [0.2, 0.25) is 5.92 Å². The molecule has 0 unspecified atom stereocenters. The third kappa shape index (κ3) is 6.94. The predicted octanol–water partition coefficient (Wildman–Crippen LogP) is 8.18. The molecule has 0 bridgehead atoms. The number of hydrogen-bond acceptors (Lipinski definition) is 3. The summed E-state index contributed by atoms with van der Waals surface area (Å²) in [7, 11) is 0. The molecule has 3 N–H and O–H groups in total. The van der Waals surface area contributed by atoms with Crippen LogP contribution in [0.5, 0.6) is 0 Å². The fourth-order valence-electron chi connectivity index (χ4n) is 5.11. The van der Waals surface area contributed by atoms with E-state index in [1.807, 2.05) is 37.8 Å². The number of aryl methyl sites for hydroxylation is 1. The van der Waals surface area contributed by atoms with Crippen molar-refractivity contribution < 1.29 is 27.9 Å². The van der Waals surface area contributed by atoms with E-state index < -0.39 is 23.7 Å². The summed E-state index contributed by atoms with van der Waals surface area (Å²) < 4.78 is 43.8. The number of nitrogens with zero attached hydrogens (tertiary/aromatic N) is 1. The van der Waals surface area contributed by atoms with Gasteiger partial charge in [-0.3, -0.25) is 0 Å². The number of urea groups is 1. The van der Waals surface area contributed by atoms with Gasteiger partial charge in [-0.25, -0.2) is 22.8 Å². The van der Waals surface area contributed by atoms with Gasteiger partial charge in [0.25, 0.3) is 0 Å². The van der Waals surface area contributed by atoms with Crippen LogP contribution in [0.25, 0.3) is 11.1 Å². The number of benzene rings is 3. The number of alkyl halides is 2. The highest BCUT2D eigenvalue weighted by Gasteiger charge is 2.38. The van der Waals surface area contributed by atoms with E-state index in [-0.39, 0.29) is 60.0 Å². The van der Waals surface area contributed by atoms with Gasteiger partial charge in [-0.1, -0.05) is 49.7 Å². The molecule has 0 heterocycles. The minimum atomic E-state index is -2.73. The lowest BCUT2D eigenvalue weighted by Crippen LogP contribution is -2.43. The van der Waals surface area contributed by atoms with E-state index in [1.165, 1.54) is 24.3 Å². The van der Waals surface area contributed by atoms with Crippen LogP contribution < -0.4 is 15.5 Å². The first kappa shape index (κ1) is 29.0. The molecule has 3 aromatic rings. The highest BCUT2D eigenvalue weighted by molar-refractivity contribution is 6.03. The van der Waals surface area contributed by atoms with Crippen molar-refractivity contribution in [3.8, 4) is 11.1 Å². The van der Waals surface area contributed by atoms with Gasteiger partial charge < -0.3 is 20.6 Å². The summed E-state index contributed by atoms with van der Waals surface area (Å²) >= 11 is 0. The molecule has 2 amide bonds. The molecule has 212 valence electrons. The first-order valence-corrected chi connectivity index (χ1v) is 13.4. The maximum atomic E-state index is 15.8. The van der Waals surface area contributed by atoms with Gasteiger partial charge in [0, 0.05) is 36.7 Å². The van der Waals surface area contributed by atoms with Gasteiger partial charge in [-0.2, -0.15) is 0 Å². The number of carbonyl (C=O) groups excluding carboxylic acids is 1. The standard InChI is InChI=1S/C31H34F3N3O3/c1-19(2)18-37(22-12-14-31(33,34)15-13-22)28-17-26(32)25(23-6-4-5-7-24(23)29(38)39)16-27(28)36-30(40)35-21-10-8-20(3)9-11-21/h4-11,16-17,19,22H,12-15,18H2,1-3H3,(H,38,39)(H2,35,36,40). The molecule has 1 saturated carbocycles. The Labute approximate surface area is 232 Å². The third-order valence-electron chi connectivity index (χ3n) is 7.09. The lowest BCUT2D eigenvalue weighted by atomic mass is 9.90. The average Bonchev–Trinajstić information content (AvgIpc) is 2.89. The Balaban J connectivity index is 1.79. The van der Waals surface area contributed by atoms with Gasteiger partial charge >= 0.3 is 12.0 Å². The molecule has 0 spiro atoms. The van der Waals surface area contributed by atoms with Gasteiger partial charge in [-0.15, -0.1) is 0 Å². The van der Waals surface area contributed by atoms with Gasteiger partial charge in [0.15, 0.2) is 0 Å². The molecular formula is C31H34F3N3O3. The van der Waals surface area contributed by atoms with E-state index in [2.05, 4.69) is 10.6 Å². The highest BCUT2D eigenvalue weighted by atomic mass is 19.3. The molecule has 6 nitrogen and oxygen atoms in total. The Kier molecular flexibility index (Phi) is 8.71. The molecule has 0 atom stereocenters. The van der Waals surface area contributed by atoms with Crippen molar-refractivity contribution in [1.29, 1.82) is 0 Å². The Morgan fingerprint density at radius 1 is 1.00 bits per heavy atom. The number of carboxylic acid groups (broad SMARTS) is 1. The summed E-state index contributed by atoms with van der Waals surface area (Å²) in [6.07, 6.45) is -0.0924. The highest BCUT2D eigenvalue weighted by Crippen LogP contribution is 2.41. The predicted molar refractivity (Wildman–Crippen MR) is 152 cm³/mol. The number of nitrogens with one attached hydrogen (secondary N) is 2. The molecule has 4 rings (SSSR count). The first-order chi connectivity index (χ1) is 18.9. The number of carbonyl (C=O) groups is 2. The molecule has 3 aromatic carbocycles. The minimum absolute atomic E-state index is 0.00654. The fourth-order valence-corrected chi connectivity index (χ4v) is 5.11. The smallest absolute Gasteiger partial charge is 0.336 e. The molecule has 0 saturated heterocycles. The van der Waals surface area contributed by atoms with E-state index in [9.17, 15) is 23.5 Å². The summed E-state index contributed by atoms with van der Waals surface area (Å²) in [6, 6.07) is 15.1. The van der Waals surface area contributed by atoms with Crippen LogP contribution in [0.3, 0.4) is 0 Å². The zero-order chi connectivity index (χ0) is 29.0. The van der Waals surface area contributed by atoms with Crippen molar-refractivity contribution in [2.45, 2.75) is 58.4 Å². The van der Waals surface area contributed by atoms with Crippen molar-refractivity contribution in [3.05, 3.63) is 77.6 Å². The van der Waals surface area contributed by atoms with Crippen LogP contribution >= 0.6 is 0 Å². The van der Waals surface area contributed by atoms with Crippen LogP contribution in [0.2, 0.25) is 0 Å². The van der Waals surface area contributed by atoms with Crippen molar-refractivity contribution in [2.24, 2.45) is 5.92 Å². The lowest BCUT2D eigenvalue weighted by molar-refractivity contribution is -0.0382. The molecular weight excluding hydrogens is 519 g/mol. The zero-order valence-electron chi connectivity index (χ0n) is 22.8. The van der Waals surface area contributed by atoms with Crippen LogP contribution in [-0.4, -0.2) is 35.6 Å². The number of hydrogen-bond donors (Lipinski definition) is 3. The molecule has 0 radical (unpaired) electrons. The topological polar surface area (TPSA) is 81.7 Å². The Morgan fingerprint density at radius 3 is 2.27 bits per heavy atom. The first-order valence-electron chi connectivity index (χ1n) is 13.4. The molecule has 0 aliphatic heterocycles. The maximum Gasteiger partial charge on any atom is 0.336 e. The summed E-state index contributed by atoms with van der Waals surface area (Å²) in [5.74, 6) is -4.50. The normalized spacial score (nSPS) is 15.1. The Bertz CT molecular complexity index is 1370. The number of anilines is 3. The largest absolute Gasteiger partial charge is 0.478 e. The van der Waals surface area contributed by atoms with Gasteiger partial charge in [-0.05, 0) is 61.6 Å². The summed E-state index contributed by atoms with van der Waals surface area (Å²) in [5.41, 5.74) is 2.27. The molecule has 1 aliphatic carbocycles. The molecule has 1 aliphatic rings. The van der Waals surface area contributed by atoms with E-state index >= 15 is 4.39 Å². The number of amides is 2. The van der Waals surface area contributed by atoms with E-state index in [0.717, 1.165) is 5.56 Å². The molecule has 40 heavy (non-hydrogen) atoms. The van der Waals surface area contributed by atoms with Crippen LogP contribution in [0.4, 0.5) is 35.0 Å². The van der Waals surface area contributed by atoms with Crippen LogP contribution in [0.1, 0.15) is 55.5 Å². The lowest BCUT2D eigenvalue weighted by Gasteiger charge is -2.40. The Morgan fingerprint density at radius 2 is 1.65 bits per heavy atom. The second kappa shape index (κ2) is 12.0. The zero-order valence-corrected chi connectivity index (χ0v) is 22.8. The summed E-state index contributed by atoms with van der Waals surface area (Å²) in [5, 5.41) is 15.3. The molecule has 9 heteroatoms. The van der Waals surface area contributed by atoms with E-state index in [0.29, 0.717) is 17.9 Å². The van der Waals surface area contributed by atoms with Crippen molar-refractivity contribution in [3.63, 3.8) is 0 Å². The van der Waals surface area contributed by atoms with E-state index in [1.54, 1.807) is 24.3 Å². The minimum Gasteiger partial charge on any atom is -0.478 e. The number of carboxylic acids is 1. The number of halogens is 3. The van der Waals surface area contributed by atoms with Crippen LogP contribution in [-0.2, 0) is 0 Å². The SMILES string of the molecule is Cc1ccc(NC(=O)Nc2cc(-c3ccccc3C(=O)O)c(F)cc2N(CC(C)C)C2CCC(F)(F)CC2)cc1. The van der Waals surface area contributed by atoms with E-state index in [4.69, 9.17) is 0 Å². The maximum absolute atomic E-state index is 15.8. The summed E-state index contributed by atoms with van der Waals surface area (Å²) in [4.78, 5) is 26.9. The van der Waals surface area contributed by atoms with Crippen molar-refractivity contribution >= 4 is 29.1 Å². The fraction of sp³-hybridized carbons (Fsp3) is 0.355. The quantitative estimate of drug-likeness (QED) is 0.263. The monoisotopic (exact) mass is 553 g/mol.